The Labute approximate surface area is 142 Å². The van der Waals surface area contributed by atoms with Crippen LogP contribution >= 0.6 is 23.4 Å². The number of nitrogens with zero attached hydrogens (tertiary/aromatic N) is 2. The van der Waals surface area contributed by atoms with Gasteiger partial charge in [-0.25, -0.2) is 14.8 Å². The first kappa shape index (κ1) is 17.2. The molecule has 0 aliphatic heterocycles. The smallest absolute Gasteiger partial charge is 0.337 e. The molecule has 6 nitrogen and oxygen atoms in total. The number of carbonyl (C=O) groups is 2. The van der Waals surface area contributed by atoms with E-state index in [2.05, 4.69) is 15.3 Å². The van der Waals surface area contributed by atoms with E-state index in [1.165, 1.54) is 23.9 Å². The fourth-order valence-corrected chi connectivity index (χ4v) is 2.81. The predicted octanol–water partition coefficient (Wildman–Crippen LogP) is 3.34. The van der Waals surface area contributed by atoms with Crippen molar-refractivity contribution in [2.75, 3.05) is 5.32 Å². The highest BCUT2D eigenvalue weighted by Gasteiger charge is 2.20. The molecule has 0 spiro atoms. The second-order valence-electron chi connectivity index (χ2n) is 4.54. The van der Waals surface area contributed by atoms with Crippen LogP contribution in [0.2, 0.25) is 5.02 Å². The van der Waals surface area contributed by atoms with Crippen LogP contribution in [0.3, 0.4) is 0 Å². The van der Waals surface area contributed by atoms with Crippen molar-refractivity contribution in [2.24, 2.45) is 0 Å². The molecule has 0 fully saturated rings. The minimum Gasteiger partial charge on any atom is -0.478 e. The number of amides is 1. The quantitative estimate of drug-likeness (QED) is 0.612. The lowest BCUT2D eigenvalue weighted by atomic mass is 10.2. The number of rotatable bonds is 6. The number of carbonyl (C=O) groups excluding carboxylic acids is 1. The largest absolute Gasteiger partial charge is 0.478 e. The Balaban J connectivity index is 2.10. The molecule has 0 aliphatic carbocycles. The summed E-state index contributed by atoms with van der Waals surface area (Å²) in [4.78, 5) is 31.6. The molecule has 1 amide bonds. The third kappa shape index (κ3) is 4.67. The highest BCUT2D eigenvalue weighted by Crippen LogP contribution is 2.25. The first-order valence-corrected chi connectivity index (χ1v) is 8.04. The Morgan fingerprint density at radius 2 is 2.04 bits per heavy atom. The summed E-state index contributed by atoms with van der Waals surface area (Å²) in [6.07, 6.45) is 3.80. The van der Waals surface area contributed by atoms with E-state index in [1.807, 2.05) is 6.92 Å². The Kier molecular flexibility index (Phi) is 5.95. The number of aromatic nitrogens is 2. The number of carboxylic acid groups (broad SMARTS) is 1. The van der Waals surface area contributed by atoms with Gasteiger partial charge in [-0.2, -0.15) is 0 Å². The van der Waals surface area contributed by atoms with Crippen molar-refractivity contribution in [3.8, 4) is 0 Å². The molecule has 120 valence electrons. The maximum absolute atomic E-state index is 12.3. The van der Waals surface area contributed by atoms with E-state index in [4.69, 9.17) is 16.7 Å². The number of hydrogen-bond acceptors (Lipinski definition) is 5. The van der Waals surface area contributed by atoms with Crippen LogP contribution in [-0.4, -0.2) is 32.2 Å². The molecule has 2 rings (SSSR count). The summed E-state index contributed by atoms with van der Waals surface area (Å²) in [5, 5.41) is 12.0. The minimum atomic E-state index is -1.15. The van der Waals surface area contributed by atoms with Crippen LogP contribution in [0.25, 0.3) is 0 Å². The Morgan fingerprint density at radius 3 is 2.65 bits per heavy atom. The molecule has 1 unspecified atom stereocenters. The normalized spacial score (nSPS) is 11.7. The van der Waals surface area contributed by atoms with Gasteiger partial charge in [0.25, 0.3) is 0 Å². The van der Waals surface area contributed by atoms with Crippen LogP contribution in [0.4, 0.5) is 5.69 Å². The van der Waals surface area contributed by atoms with E-state index in [0.29, 0.717) is 17.3 Å². The van der Waals surface area contributed by atoms with E-state index in [1.54, 1.807) is 24.5 Å². The van der Waals surface area contributed by atoms with Crippen LogP contribution < -0.4 is 5.32 Å². The van der Waals surface area contributed by atoms with Gasteiger partial charge in [0.15, 0.2) is 5.16 Å². The molecule has 0 saturated carbocycles. The van der Waals surface area contributed by atoms with Crippen molar-refractivity contribution in [2.45, 2.75) is 23.8 Å². The first-order chi connectivity index (χ1) is 11.0. The molecular formula is C15H14ClN3O3S. The molecule has 1 aromatic heterocycles. The molecular weight excluding hydrogens is 338 g/mol. The molecule has 1 heterocycles. The minimum absolute atomic E-state index is 0.0587. The van der Waals surface area contributed by atoms with Gasteiger partial charge >= 0.3 is 5.97 Å². The van der Waals surface area contributed by atoms with Crippen molar-refractivity contribution in [1.82, 2.24) is 9.97 Å². The number of hydrogen-bond donors (Lipinski definition) is 2. The zero-order valence-corrected chi connectivity index (χ0v) is 13.8. The van der Waals surface area contributed by atoms with Gasteiger partial charge < -0.3 is 10.4 Å². The topological polar surface area (TPSA) is 92.2 Å². The van der Waals surface area contributed by atoms with Crippen LogP contribution in [0.15, 0.2) is 41.8 Å². The molecule has 1 atom stereocenters. The van der Waals surface area contributed by atoms with Gasteiger partial charge in [0.2, 0.25) is 5.91 Å². The lowest BCUT2D eigenvalue weighted by Gasteiger charge is -2.14. The lowest BCUT2D eigenvalue weighted by Crippen LogP contribution is -2.25. The molecule has 23 heavy (non-hydrogen) atoms. The molecule has 0 radical (unpaired) electrons. The summed E-state index contributed by atoms with van der Waals surface area (Å²) in [7, 11) is 0. The van der Waals surface area contributed by atoms with Gasteiger partial charge in [-0.05, 0) is 30.7 Å². The van der Waals surface area contributed by atoms with Gasteiger partial charge in [-0.1, -0.05) is 30.3 Å². The van der Waals surface area contributed by atoms with E-state index >= 15 is 0 Å². The van der Waals surface area contributed by atoms with Gasteiger partial charge in [-0.3, -0.25) is 4.79 Å². The van der Waals surface area contributed by atoms with Crippen LogP contribution in [-0.2, 0) is 4.79 Å². The summed E-state index contributed by atoms with van der Waals surface area (Å²) in [6, 6.07) is 6.03. The molecule has 2 aromatic rings. The number of carboxylic acids is 1. The third-order valence-electron chi connectivity index (χ3n) is 2.92. The highest BCUT2D eigenvalue weighted by molar-refractivity contribution is 8.00. The second kappa shape index (κ2) is 7.94. The third-order valence-corrected chi connectivity index (χ3v) is 4.50. The predicted molar refractivity (Wildman–Crippen MR) is 89.0 cm³/mol. The lowest BCUT2D eigenvalue weighted by molar-refractivity contribution is -0.115. The maximum Gasteiger partial charge on any atom is 0.337 e. The summed E-state index contributed by atoms with van der Waals surface area (Å²) < 4.78 is 0. The SMILES string of the molecule is CCC(Sc1ncccn1)C(=O)Nc1ccc(Cl)c(C(=O)O)c1. The Bertz CT molecular complexity index is 712. The number of halogens is 1. The zero-order valence-electron chi connectivity index (χ0n) is 12.2. The van der Waals surface area contributed by atoms with E-state index < -0.39 is 5.97 Å². The van der Waals surface area contributed by atoms with E-state index in [9.17, 15) is 9.59 Å². The number of anilines is 1. The summed E-state index contributed by atoms with van der Waals surface area (Å²) in [6.45, 7) is 1.88. The average Bonchev–Trinajstić information content (AvgIpc) is 2.55. The molecule has 8 heteroatoms. The average molecular weight is 352 g/mol. The van der Waals surface area contributed by atoms with Crippen LogP contribution in [0.1, 0.15) is 23.7 Å². The van der Waals surface area contributed by atoms with Crippen LogP contribution in [0.5, 0.6) is 0 Å². The van der Waals surface area contributed by atoms with Gasteiger partial charge in [0, 0.05) is 18.1 Å². The fourth-order valence-electron chi connectivity index (χ4n) is 1.79. The highest BCUT2D eigenvalue weighted by atomic mass is 35.5. The molecule has 0 aliphatic rings. The summed E-state index contributed by atoms with van der Waals surface area (Å²) >= 11 is 7.06. The van der Waals surface area contributed by atoms with Crippen molar-refractivity contribution >= 4 is 40.9 Å². The van der Waals surface area contributed by atoms with Gasteiger partial charge in [-0.15, -0.1) is 0 Å². The number of thioether (sulfide) groups is 1. The Hall–Kier alpha value is -2.12. The number of benzene rings is 1. The standard InChI is InChI=1S/C15H14ClN3O3S/c1-2-12(23-15-17-6-3-7-18-15)13(20)19-9-4-5-11(16)10(8-9)14(21)22/h3-8,12H,2H2,1H3,(H,19,20)(H,21,22). The van der Waals surface area contributed by atoms with Gasteiger partial charge in [0.1, 0.15) is 0 Å². The zero-order chi connectivity index (χ0) is 16.8. The van der Waals surface area contributed by atoms with Crippen molar-refractivity contribution in [3.63, 3.8) is 0 Å². The number of aromatic carboxylic acids is 1. The first-order valence-electron chi connectivity index (χ1n) is 6.78. The Morgan fingerprint density at radius 1 is 1.35 bits per heavy atom. The number of nitrogens with one attached hydrogen (secondary N) is 1. The molecule has 1 aromatic carbocycles. The molecule has 0 saturated heterocycles. The summed E-state index contributed by atoms with van der Waals surface area (Å²) in [5.74, 6) is -1.39. The maximum atomic E-state index is 12.3. The monoisotopic (exact) mass is 351 g/mol. The molecule has 2 N–H and O–H groups in total. The second-order valence-corrected chi connectivity index (χ2v) is 6.11. The van der Waals surface area contributed by atoms with Crippen LogP contribution in [0, 0.1) is 0 Å². The van der Waals surface area contributed by atoms with Gasteiger partial charge in [0.05, 0.1) is 15.8 Å². The van der Waals surface area contributed by atoms with E-state index in [-0.39, 0.29) is 21.7 Å². The van der Waals surface area contributed by atoms with Crippen molar-refractivity contribution in [1.29, 1.82) is 0 Å². The van der Waals surface area contributed by atoms with Crippen molar-refractivity contribution < 1.29 is 14.7 Å². The molecule has 0 bridgehead atoms. The van der Waals surface area contributed by atoms with Crippen molar-refractivity contribution in [3.05, 3.63) is 47.2 Å². The fraction of sp³-hybridized carbons (Fsp3) is 0.200. The summed E-state index contributed by atoms with van der Waals surface area (Å²) in [5.41, 5.74) is 0.321. The van der Waals surface area contributed by atoms with E-state index in [0.717, 1.165) is 0 Å².